The van der Waals surface area contributed by atoms with Crippen LogP contribution in [0, 0.1) is 0 Å². The van der Waals surface area contributed by atoms with Gasteiger partial charge in [0.15, 0.2) is 0 Å². The van der Waals surface area contributed by atoms with Gasteiger partial charge < -0.3 is 9.47 Å². The highest BCUT2D eigenvalue weighted by Crippen LogP contribution is 2.34. The lowest BCUT2D eigenvalue weighted by atomic mass is 10.1. The quantitative estimate of drug-likeness (QED) is 0.272. The Morgan fingerprint density at radius 3 is 2.34 bits per heavy atom. The second-order valence-electron chi connectivity index (χ2n) is 9.39. The van der Waals surface area contributed by atoms with Crippen molar-refractivity contribution in [2.24, 2.45) is 0 Å². The molecule has 0 spiro atoms. The lowest BCUT2D eigenvalue weighted by Gasteiger charge is -2.36. The van der Waals surface area contributed by atoms with E-state index >= 15 is 0 Å². The second-order valence-corrected chi connectivity index (χ2v) is 10.2. The summed E-state index contributed by atoms with van der Waals surface area (Å²) in [6.45, 7) is 8.29. The van der Waals surface area contributed by atoms with E-state index in [0.717, 1.165) is 47.9 Å². The van der Waals surface area contributed by atoms with Gasteiger partial charge in [0.1, 0.15) is 5.82 Å². The maximum Gasteiger partial charge on any atom is 0.416 e. The molecule has 0 saturated carbocycles. The number of hydrogen-bond acceptors (Lipinski definition) is 3. The van der Waals surface area contributed by atoms with Gasteiger partial charge in [-0.25, -0.2) is 4.98 Å². The first-order valence-electron chi connectivity index (χ1n) is 11.9. The standard InChI is InChI=1S/C27H28BrF3N4/c1-18(2)35-25(32-24-17-23(28)21-8-3-4-9-22(21)26(24)35)10-11-33-12-14-34(15-13-33)20-7-5-6-19(16-20)27(29,30)31/h3-9,16-18H,10-15H2,1-2H3. The molecule has 0 radical (unpaired) electrons. The molecule has 4 nitrogen and oxygen atoms in total. The first-order valence-corrected chi connectivity index (χ1v) is 12.7. The molecule has 0 N–H and O–H groups in total. The Hall–Kier alpha value is -2.58. The van der Waals surface area contributed by atoms with Crippen molar-refractivity contribution in [3.05, 3.63) is 70.5 Å². The summed E-state index contributed by atoms with van der Waals surface area (Å²) in [5.41, 5.74) is 2.21. The Bertz CT molecular complexity index is 1350. The average molecular weight is 545 g/mol. The van der Waals surface area contributed by atoms with Crippen LogP contribution in [0.5, 0.6) is 0 Å². The van der Waals surface area contributed by atoms with E-state index in [2.05, 4.69) is 69.6 Å². The number of anilines is 1. The lowest BCUT2D eigenvalue weighted by Crippen LogP contribution is -2.47. The zero-order valence-electron chi connectivity index (χ0n) is 19.8. The van der Waals surface area contributed by atoms with E-state index in [-0.39, 0.29) is 6.04 Å². The van der Waals surface area contributed by atoms with Crippen LogP contribution < -0.4 is 4.90 Å². The zero-order chi connectivity index (χ0) is 24.7. The van der Waals surface area contributed by atoms with Gasteiger partial charge in [0.05, 0.1) is 16.6 Å². The van der Waals surface area contributed by atoms with Gasteiger partial charge in [-0.3, -0.25) is 4.90 Å². The van der Waals surface area contributed by atoms with Crippen LogP contribution in [0.25, 0.3) is 21.8 Å². The van der Waals surface area contributed by atoms with Gasteiger partial charge in [0.2, 0.25) is 0 Å². The van der Waals surface area contributed by atoms with Gasteiger partial charge in [0, 0.05) is 60.7 Å². The number of piperazine rings is 1. The van der Waals surface area contributed by atoms with E-state index in [1.807, 2.05) is 4.90 Å². The number of alkyl halides is 3. The van der Waals surface area contributed by atoms with Crippen molar-refractivity contribution in [3.8, 4) is 0 Å². The van der Waals surface area contributed by atoms with Gasteiger partial charge >= 0.3 is 6.18 Å². The van der Waals surface area contributed by atoms with Crippen LogP contribution in [0.15, 0.2) is 59.1 Å². The van der Waals surface area contributed by atoms with Gasteiger partial charge in [0.25, 0.3) is 0 Å². The third-order valence-corrected chi connectivity index (χ3v) is 7.45. The van der Waals surface area contributed by atoms with Crippen LogP contribution in [0.4, 0.5) is 18.9 Å². The van der Waals surface area contributed by atoms with E-state index in [0.29, 0.717) is 18.8 Å². The summed E-state index contributed by atoms with van der Waals surface area (Å²) >= 11 is 3.71. The van der Waals surface area contributed by atoms with Crippen LogP contribution in [0.3, 0.4) is 0 Å². The highest BCUT2D eigenvalue weighted by molar-refractivity contribution is 9.10. The molecule has 5 rings (SSSR count). The molecular formula is C27H28BrF3N4. The predicted octanol–water partition coefficient (Wildman–Crippen LogP) is 6.92. The van der Waals surface area contributed by atoms with Crippen molar-refractivity contribution in [2.45, 2.75) is 32.5 Å². The number of aromatic nitrogens is 2. The molecule has 1 aliphatic rings. The molecule has 0 unspecified atom stereocenters. The minimum Gasteiger partial charge on any atom is -0.369 e. The molecule has 2 heterocycles. The Morgan fingerprint density at radius 2 is 1.66 bits per heavy atom. The summed E-state index contributed by atoms with van der Waals surface area (Å²) < 4.78 is 42.7. The summed E-state index contributed by atoms with van der Waals surface area (Å²) in [5.74, 6) is 1.07. The first kappa shape index (κ1) is 24.1. The van der Waals surface area contributed by atoms with Crippen molar-refractivity contribution >= 4 is 43.4 Å². The fourth-order valence-electron chi connectivity index (χ4n) is 5.06. The average Bonchev–Trinajstić information content (AvgIpc) is 3.21. The minimum atomic E-state index is -4.32. The Morgan fingerprint density at radius 1 is 0.943 bits per heavy atom. The zero-order valence-corrected chi connectivity index (χ0v) is 21.4. The third kappa shape index (κ3) is 4.78. The smallest absolute Gasteiger partial charge is 0.369 e. The highest BCUT2D eigenvalue weighted by Gasteiger charge is 2.31. The summed E-state index contributed by atoms with van der Waals surface area (Å²) in [7, 11) is 0. The molecule has 1 aliphatic heterocycles. The van der Waals surface area contributed by atoms with Gasteiger partial charge in [-0.2, -0.15) is 13.2 Å². The molecule has 1 saturated heterocycles. The maximum atomic E-state index is 13.1. The fraction of sp³-hybridized carbons (Fsp3) is 0.370. The number of nitrogens with zero attached hydrogens (tertiary/aromatic N) is 4. The Balaban J connectivity index is 1.31. The van der Waals surface area contributed by atoms with Gasteiger partial charge in [-0.1, -0.05) is 46.3 Å². The van der Waals surface area contributed by atoms with Crippen molar-refractivity contribution in [1.29, 1.82) is 0 Å². The van der Waals surface area contributed by atoms with E-state index in [1.54, 1.807) is 6.07 Å². The molecule has 0 atom stereocenters. The maximum absolute atomic E-state index is 13.1. The normalized spacial score (nSPS) is 15.6. The summed E-state index contributed by atoms with van der Waals surface area (Å²) in [6, 6.07) is 16.4. The summed E-state index contributed by atoms with van der Waals surface area (Å²) in [5, 5.41) is 2.37. The number of rotatable bonds is 5. The van der Waals surface area contributed by atoms with Crippen LogP contribution in [0.2, 0.25) is 0 Å². The van der Waals surface area contributed by atoms with Crippen LogP contribution in [-0.4, -0.2) is 47.2 Å². The van der Waals surface area contributed by atoms with Crippen molar-refractivity contribution < 1.29 is 13.2 Å². The monoisotopic (exact) mass is 544 g/mol. The van der Waals surface area contributed by atoms with E-state index < -0.39 is 11.7 Å². The molecule has 1 aromatic heterocycles. The van der Waals surface area contributed by atoms with Crippen LogP contribution in [-0.2, 0) is 12.6 Å². The number of benzene rings is 3. The molecule has 8 heteroatoms. The van der Waals surface area contributed by atoms with Crippen LogP contribution >= 0.6 is 15.9 Å². The molecule has 4 aromatic rings. The second kappa shape index (κ2) is 9.47. The predicted molar refractivity (Wildman–Crippen MR) is 139 cm³/mol. The Labute approximate surface area is 211 Å². The van der Waals surface area contributed by atoms with Crippen molar-refractivity contribution in [2.75, 3.05) is 37.6 Å². The van der Waals surface area contributed by atoms with E-state index in [4.69, 9.17) is 4.98 Å². The number of hydrogen-bond donors (Lipinski definition) is 0. The molecule has 3 aromatic carbocycles. The van der Waals surface area contributed by atoms with Gasteiger partial charge in [-0.05, 0) is 43.5 Å². The van der Waals surface area contributed by atoms with E-state index in [1.165, 1.54) is 28.4 Å². The van der Waals surface area contributed by atoms with Crippen LogP contribution in [0.1, 0.15) is 31.3 Å². The first-order chi connectivity index (χ1) is 16.7. The number of fused-ring (bicyclic) bond motifs is 3. The van der Waals surface area contributed by atoms with Crippen molar-refractivity contribution in [3.63, 3.8) is 0 Å². The molecular weight excluding hydrogens is 517 g/mol. The lowest BCUT2D eigenvalue weighted by molar-refractivity contribution is -0.137. The fourth-order valence-corrected chi connectivity index (χ4v) is 5.62. The highest BCUT2D eigenvalue weighted by atomic mass is 79.9. The van der Waals surface area contributed by atoms with Gasteiger partial charge in [-0.15, -0.1) is 0 Å². The summed E-state index contributed by atoms with van der Waals surface area (Å²) in [6.07, 6.45) is -3.50. The SMILES string of the molecule is CC(C)n1c(CCN2CCN(c3cccc(C(F)(F)F)c3)CC2)nc2cc(Br)c3ccccc3c21. The molecule has 0 bridgehead atoms. The number of halogens is 4. The number of imidazole rings is 1. The Kier molecular flexibility index (Phi) is 6.53. The molecule has 0 aliphatic carbocycles. The van der Waals surface area contributed by atoms with Crippen molar-refractivity contribution in [1.82, 2.24) is 14.5 Å². The van der Waals surface area contributed by atoms with E-state index in [9.17, 15) is 13.2 Å². The molecule has 0 amide bonds. The summed E-state index contributed by atoms with van der Waals surface area (Å²) in [4.78, 5) is 9.43. The molecule has 1 fully saturated rings. The molecule has 35 heavy (non-hydrogen) atoms. The largest absolute Gasteiger partial charge is 0.416 e. The minimum absolute atomic E-state index is 0.275. The third-order valence-electron chi connectivity index (χ3n) is 6.79. The topological polar surface area (TPSA) is 24.3 Å². The molecule has 184 valence electrons.